The first-order chi connectivity index (χ1) is 15.0. The molecule has 0 atom stereocenters. The van der Waals surface area contributed by atoms with E-state index in [1.807, 2.05) is 31.4 Å². The van der Waals surface area contributed by atoms with Crippen molar-refractivity contribution in [3.8, 4) is 0 Å². The number of aromatic amines is 1. The molecule has 154 valence electrons. The van der Waals surface area contributed by atoms with Gasteiger partial charge in [-0.15, -0.1) is 0 Å². The first kappa shape index (κ1) is 20.0. The quantitative estimate of drug-likeness (QED) is 0.349. The summed E-state index contributed by atoms with van der Waals surface area (Å²) in [5.74, 6) is 0. The lowest BCUT2D eigenvalue weighted by Crippen LogP contribution is -2.14. The van der Waals surface area contributed by atoms with Crippen molar-refractivity contribution in [3.63, 3.8) is 0 Å². The number of fused-ring (bicyclic) bond motifs is 2. The third kappa shape index (κ3) is 3.25. The zero-order valence-electron chi connectivity index (χ0n) is 17.0. The van der Waals surface area contributed by atoms with Crippen LogP contribution in [0.25, 0.3) is 32.1 Å². The molecule has 2 heterocycles. The number of hydrogen-bond acceptors (Lipinski definition) is 6. The highest BCUT2D eigenvalue weighted by atomic mass is 16.1. The van der Waals surface area contributed by atoms with E-state index in [0.29, 0.717) is 39.0 Å². The molecule has 9 nitrogen and oxygen atoms in total. The van der Waals surface area contributed by atoms with Gasteiger partial charge in [-0.05, 0) is 23.8 Å². The maximum absolute atomic E-state index is 12.2. The van der Waals surface area contributed by atoms with Crippen molar-refractivity contribution in [2.24, 2.45) is 23.5 Å². The molecule has 31 heavy (non-hydrogen) atoms. The summed E-state index contributed by atoms with van der Waals surface area (Å²) < 4.78 is 1.67. The molecular formula is C22H20N8O. The van der Waals surface area contributed by atoms with Gasteiger partial charge in [0, 0.05) is 54.9 Å². The zero-order valence-corrected chi connectivity index (χ0v) is 17.0. The van der Waals surface area contributed by atoms with E-state index in [1.54, 1.807) is 23.9 Å². The number of aromatic nitrogens is 4. The van der Waals surface area contributed by atoms with E-state index in [0.717, 1.165) is 16.5 Å². The molecule has 2 aromatic carbocycles. The molecular weight excluding hydrogens is 392 g/mol. The maximum atomic E-state index is 12.2. The predicted molar refractivity (Wildman–Crippen MR) is 122 cm³/mol. The fourth-order valence-electron chi connectivity index (χ4n) is 3.75. The van der Waals surface area contributed by atoms with Crippen molar-refractivity contribution in [1.82, 2.24) is 20.0 Å². The molecule has 0 aliphatic rings. The number of hydrogen-bond donors (Lipinski definition) is 3. The molecule has 0 bridgehead atoms. The minimum atomic E-state index is -0.293. The average Bonchev–Trinajstić information content (AvgIpc) is 3.17. The van der Waals surface area contributed by atoms with Crippen molar-refractivity contribution < 1.29 is 0 Å². The highest BCUT2D eigenvalue weighted by Gasteiger charge is 2.19. The van der Waals surface area contributed by atoms with Crippen LogP contribution in [-0.2, 0) is 13.6 Å². The number of benzene rings is 2. The van der Waals surface area contributed by atoms with E-state index < -0.39 is 0 Å². The predicted octanol–water partition coefficient (Wildman–Crippen LogP) is 2.24. The second-order valence-electron chi connectivity index (χ2n) is 6.93. The number of nitrogens with zero attached hydrogens (tertiary/aromatic N) is 5. The summed E-state index contributed by atoms with van der Waals surface area (Å²) in [5, 5.41) is 12.8. The van der Waals surface area contributed by atoms with Crippen LogP contribution in [0.2, 0.25) is 0 Å². The number of nitrogens with two attached hydrogens (primary N) is 2. The lowest BCUT2D eigenvalue weighted by atomic mass is 9.93. The molecule has 4 aromatic rings. The van der Waals surface area contributed by atoms with Crippen LogP contribution in [-0.4, -0.2) is 32.7 Å². The van der Waals surface area contributed by atoms with E-state index in [9.17, 15) is 4.79 Å². The lowest BCUT2D eigenvalue weighted by molar-refractivity contribution is 0.780. The Balaban J connectivity index is 1.93. The molecule has 0 unspecified atom stereocenters. The van der Waals surface area contributed by atoms with Crippen molar-refractivity contribution >= 4 is 38.6 Å². The second kappa shape index (κ2) is 7.85. The third-order valence-electron chi connectivity index (χ3n) is 5.16. The number of aryl methyl sites for hydroxylation is 1. The smallest absolute Gasteiger partial charge is 0.272 e. The van der Waals surface area contributed by atoms with Gasteiger partial charge >= 0.3 is 0 Å². The summed E-state index contributed by atoms with van der Waals surface area (Å²) in [6.45, 7) is 7.93. The topological polar surface area (TPSA) is 132 Å². The van der Waals surface area contributed by atoms with Crippen LogP contribution in [0.1, 0.15) is 16.8 Å². The molecule has 0 aliphatic heterocycles. The van der Waals surface area contributed by atoms with Gasteiger partial charge in [0.1, 0.15) is 0 Å². The maximum Gasteiger partial charge on any atom is 0.272 e. The normalized spacial score (nSPS) is 12.5. The average molecular weight is 412 g/mol. The largest absolute Gasteiger partial charge is 0.404 e. The molecule has 4 rings (SSSR count). The highest BCUT2D eigenvalue weighted by molar-refractivity contribution is 6.34. The molecule has 0 aliphatic carbocycles. The summed E-state index contributed by atoms with van der Waals surface area (Å²) in [6.07, 6.45) is 3.26. The fourth-order valence-corrected chi connectivity index (χ4v) is 3.75. The van der Waals surface area contributed by atoms with Gasteiger partial charge in [0.25, 0.3) is 5.56 Å². The molecule has 0 radical (unpaired) electrons. The SMILES string of the molecule is [C-]#[N+]c1c(C(=NC)/C(=C\N)c2ccc3c(=O)[nH]nc(CN)c3c2)ccc2nn(C)cc12. The summed E-state index contributed by atoms with van der Waals surface area (Å²) >= 11 is 0. The number of allylic oxidation sites excluding steroid dienone is 1. The Morgan fingerprint density at radius 3 is 2.77 bits per heavy atom. The third-order valence-corrected chi connectivity index (χ3v) is 5.16. The summed E-state index contributed by atoms with van der Waals surface area (Å²) in [4.78, 5) is 20.4. The van der Waals surface area contributed by atoms with Gasteiger partial charge in [0.15, 0.2) is 0 Å². The van der Waals surface area contributed by atoms with Gasteiger partial charge in [0.05, 0.1) is 28.9 Å². The van der Waals surface area contributed by atoms with Gasteiger partial charge in [-0.2, -0.15) is 10.2 Å². The van der Waals surface area contributed by atoms with E-state index in [1.165, 1.54) is 6.20 Å². The Hall–Kier alpha value is -4.29. The minimum absolute atomic E-state index is 0.173. The van der Waals surface area contributed by atoms with Crippen LogP contribution in [0, 0.1) is 6.57 Å². The first-order valence-electron chi connectivity index (χ1n) is 9.47. The van der Waals surface area contributed by atoms with E-state index in [-0.39, 0.29) is 12.1 Å². The molecule has 9 heteroatoms. The summed E-state index contributed by atoms with van der Waals surface area (Å²) in [6, 6.07) is 9.01. The van der Waals surface area contributed by atoms with E-state index in [4.69, 9.17) is 18.0 Å². The summed E-state index contributed by atoms with van der Waals surface area (Å²) in [7, 11) is 3.46. The van der Waals surface area contributed by atoms with Gasteiger partial charge < -0.3 is 11.5 Å². The lowest BCUT2D eigenvalue weighted by Gasteiger charge is -2.14. The number of aliphatic imine (C=N–C) groups is 1. The number of nitrogens with one attached hydrogen (secondary N) is 1. The Kier molecular flexibility index (Phi) is 5.07. The standard InChI is InChI=1S/C22H20N8O/c1-25-20(14-6-7-18-17(21(14)26-2)11-30(3)29-18)16(9-23)12-4-5-13-15(8-12)19(10-24)27-28-22(13)31/h4-9,11H,10,23-24H2,1,3H3,(H,28,31)/b16-9-,25-20?. The molecule has 0 amide bonds. The van der Waals surface area contributed by atoms with Gasteiger partial charge in [0.2, 0.25) is 5.69 Å². The van der Waals surface area contributed by atoms with Crippen LogP contribution < -0.4 is 17.0 Å². The van der Waals surface area contributed by atoms with Crippen molar-refractivity contribution in [1.29, 1.82) is 0 Å². The molecule has 0 saturated carbocycles. The molecule has 2 aromatic heterocycles. The minimum Gasteiger partial charge on any atom is -0.404 e. The van der Waals surface area contributed by atoms with Crippen molar-refractivity contribution in [3.05, 3.63) is 81.3 Å². The monoisotopic (exact) mass is 412 g/mol. The molecule has 0 spiro atoms. The van der Waals surface area contributed by atoms with Crippen molar-refractivity contribution in [2.45, 2.75) is 6.54 Å². The van der Waals surface area contributed by atoms with Gasteiger partial charge in [-0.25, -0.2) is 9.94 Å². The Morgan fingerprint density at radius 1 is 1.29 bits per heavy atom. The zero-order chi connectivity index (χ0) is 22.1. The fraction of sp³-hybridized carbons (Fsp3) is 0.136. The van der Waals surface area contributed by atoms with Crippen LogP contribution in [0.5, 0.6) is 0 Å². The van der Waals surface area contributed by atoms with Crippen LogP contribution in [0.3, 0.4) is 0 Å². The number of rotatable bonds is 4. The molecule has 0 saturated heterocycles. The van der Waals surface area contributed by atoms with Gasteiger partial charge in [-0.3, -0.25) is 14.5 Å². The van der Waals surface area contributed by atoms with Gasteiger partial charge in [-0.1, -0.05) is 12.1 Å². The van der Waals surface area contributed by atoms with E-state index in [2.05, 4.69) is 25.1 Å². The van der Waals surface area contributed by atoms with Crippen LogP contribution in [0.15, 0.2) is 52.5 Å². The Bertz CT molecular complexity index is 1480. The Labute approximate surface area is 177 Å². The number of H-pyrrole nitrogens is 1. The summed E-state index contributed by atoms with van der Waals surface area (Å²) in [5.41, 5.74) is 15.9. The Morgan fingerprint density at radius 2 is 2.10 bits per heavy atom. The second-order valence-corrected chi connectivity index (χ2v) is 6.93. The van der Waals surface area contributed by atoms with E-state index >= 15 is 0 Å². The molecule has 5 N–H and O–H groups in total. The van der Waals surface area contributed by atoms with Crippen LogP contribution >= 0.6 is 0 Å². The van der Waals surface area contributed by atoms with Crippen molar-refractivity contribution in [2.75, 3.05) is 7.05 Å². The van der Waals surface area contributed by atoms with Crippen LogP contribution in [0.4, 0.5) is 5.69 Å². The highest BCUT2D eigenvalue weighted by Crippen LogP contribution is 2.34. The first-order valence-corrected chi connectivity index (χ1v) is 9.47. The molecule has 0 fully saturated rings.